The number of hydrogen-bond donors (Lipinski definition) is 0. The zero-order valence-corrected chi connectivity index (χ0v) is 17.4. The van der Waals surface area contributed by atoms with Crippen molar-refractivity contribution >= 4 is 22.6 Å². The number of anilines is 1. The molecule has 0 radical (unpaired) electrons. The number of rotatable bonds is 5. The first kappa shape index (κ1) is 19.4. The fourth-order valence-electron chi connectivity index (χ4n) is 3.56. The highest BCUT2D eigenvalue weighted by molar-refractivity contribution is 7.09. The number of nitrogens with zero attached hydrogens (tertiary/aromatic N) is 4. The average Bonchev–Trinajstić information content (AvgIpc) is 3.22. The van der Waals surface area contributed by atoms with Crippen molar-refractivity contribution in [3.63, 3.8) is 0 Å². The minimum absolute atomic E-state index is 0.0573. The summed E-state index contributed by atoms with van der Waals surface area (Å²) in [4.78, 5) is 21.8. The van der Waals surface area contributed by atoms with E-state index in [4.69, 9.17) is 9.72 Å². The molecular formula is C22H24N4O2S. The first-order valence-electron chi connectivity index (χ1n) is 9.70. The van der Waals surface area contributed by atoms with E-state index >= 15 is 0 Å². The van der Waals surface area contributed by atoms with Gasteiger partial charge in [0.15, 0.2) is 0 Å². The largest absolute Gasteiger partial charge is 0.497 e. The molecule has 0 N–H and O–H groups in total. The Bertz CT molecular complexity index is 958. The Labute approximate surface area is 174 Å². The predicted molar refractivity (Wildman–Crippen MR) is 115 cm³/mol. The molecular weight excluding hydrogens is 384 g/mol. The van der Waals surface area contributed by atoms with Crippen molar-refractivity contribution in [2.45, 2.75) is 19.4 Å². The third-order valence-corrected chi connectivity index (χ3v) is 5.97. The van der Waals surface area contributed by atoms with Crippen molar-refractivity contribution in [3.05, 3.63) is 71.5 Å². The van der Waals surface area contributed by atoms with Crippen LogP contribution in [0, 0.1) is 0 Å². The van der Waals surface area contributed by atoms with Gasteiger partial charge >= 0.3 is 0 Å². The summed E-state index contributed by atoms with van der Waals surface area (Å²) in [6.07, 6.45) is 0.739. The summed E-state index contributed by atoms with van der Waals surface area (Å²) in [6.45, 7) is 4.26. The van der Waals surface area contributed by atoms with E-state index in [9.17, 15) is 4.79 Å². The van der Waals surface area contributed by atoms with Crippen LogP contribution in [0.4, 0.5) is 5.13 Å². The third-order valence-electron chi connectivity index (χ3n) is 5.16. The van der Waals surface area contributed by atoms with Crippen molar-refractivity contribution in [2.24, 2.45) is 0 Å². The standard InChI is InChI=1S/C22H24N4O2S/c1-16-15-25(22-23-20(24-29-22)14-17-6-4-3-5-7-17)12-13-26(16)21(27)18-8-10-19(28-2)11-9-18/h3-11,16H,12-15H2,1-2H3. The quantitative estimate of drug-likeness (QED) is 0.647. The minimum Gasteiger partial charge on any atom is -0.497 e. The average molecular weight is 409 g/mol. The Morgan fingerprint density at radius 3 is 2.59 bits per heavy atom. The molecule has 6 nitrogen and oxygen atoms in total. The highest BCUT2D eigenvalue weighted by Crippen LogP contribution is 2.24. The molecule has 3 aromatic rings. The number of benzene rings is 2. The van der Waals surface area contributed by atoms with E-state index in [1.54, 1.807) is 7.11 Å². The molecule has 2 aromatic carbocycles. The Hall–Kier alpha value is -2.93. The van der Waals surface area contributed by atoms with Crippen molar-refractivity contribution in [3.8, 4) is 5.75 Å². The third kappa shape index (κ3) is 4.40. The van der Waals surface area contributed by atoms with Gasteiger partial charge in [0.25, 0.3) is 5.91 Å². The lowest BCUT2D eigenvalue weighted by molar-refractivity contribution is 0.0674. The second kappa shape index (κ2) is 8.61. The molecule has 29 heavy (non-hydrogen) atoms. The smallest absolute Gasteiger partial charge is 0.254 e. The second-order valence-electron chi connectivity index (χ2n) is 7.18. The highest BCUT2D eigenvalue weighted by atomic mass is 32.1. The molecule has 2 heterocycles. The second-order valence-corrected chi connectivity index (χ2v) is 7.91. The zero-order valence-electron chi connectivity index (χ0n) is 16.6. The normalized spacial score (nSPS) is 16.7. The number of ether oxygens (including phenoxy) is 1. The van der Waals surface area contributed by atoms with Crippen LogP contribution < -0.4 is 9.64 Å². The molecule has 1 atom stereocenters. The van der Waals surface area contributed by atoms with Crippen molar-refractivity contribution < 1.29 is 9.53 Å². The molecule has 1 aromatic heterocycles. The van der Waals surface area contributed by atoms with Crippen LogP contribution in [0.5, 0.6) is 5.75 Å². The molecule has 4 rings (SSSR count). The first-order valence-corrected chi connectivity index (χ1v) is 10.5. The summed E-state index contributed by atoms with van der Waals surface area (Å²) >= 11 is 1.43. The molecule has 1 amide bonds. The van der Waals surface area contributed by atoms with Gasteiger partial charge in [-0.2, -0.15) is 4.37 Å². The number of carbonyl (C=O) groups excluding carboxylic acids is 1. The van der Waals surface area contributed by atoms with Gasteiger partial charge < -0.3 is 14.5 Å². The lowest BCUT2D eigenvalue weighted by Crippen LogP contribution is -2.54. The number of carbonyl (C=O) groups is 1. The fraction of sp³-hybridized carbons (Fsp3) is 0.318. The predicted octanol–water partition coefficient (Wildman–Crippen LogP) is 3.49. The molecule has 0 bridgehead atoms. The summed E-state index contributed by atoms with van der Waals surface area (Å²) < 4.78 is 9.70. The highest BCUT2D eigenvalue weighted by Gasteiger charge is 2.29. The molecule has 1 aliphatic heterocycles. The van der Waals surface area contributed by atoms with Crippen LogP contribution in [0.15, 0.2) is 54.6 Å². The van der Waals surface area contributed by atoms with Gasteiger partial charge in [-0.15, -0.1) is 0 Å². The molecule has 1 fully saturated rings. The van der Waals surface area contributed by atoms with Gasteiger partial charge in [-0.25, -0.2) is 4.98 Å². The van der Waals surface area contributed by atoms with E-state index in [1.807, 2.05) is 47.4 Å². The van der Waals surface area contributed by atoms with Crippen molar-refractivity contribution in [2.75, 3.05) is 31.6 Å². The Kier molecular flexibility index (Phi) is 5.76. The SMILES string of the molecule is COc1ccc(C(=O)N2CCN(c3nc(Cc4ccccc4)ns3)CC2C)cc1. The lowest BCUT2D eigenvalue weighted by atomic mass is 10.1. The lowest BCUT2D eigenvalue weighted by Gasteiger charge is -2.39. The molecule has 1 aliphatic rings. The topological polar surface area (TPSA) is 58.6 Å². The molecule has 0 aliphatic carbocycles. The maximum Gasteiger partial charge on any atom is 0.254 e. The molecule has 0 saturated carbocycles. The summed E-state index contributed by atoms with van der Waals surface area (Å²) in [5, 5.41) is 0.930. The van der Waals surface area contributed by atoms with Gasteiger partial charge in [-0.3, -0.25) is 4.79 Å². The van der Waals surface area contributed by atoms with E-state index in [-0.39, 0.29) is 11.9 Å². The maximum absolute atomic E-state index is 12.9. The summed E-state index contributed by atoms with van der Waals surface area (Å²) in [5.74, 6) is 1.66. The molecule has 1 saturated heterocycles. The van der Waals surface area contributed by atoms with Crippen LogP contribution in [-0.4, -0.2) is 53.0 Å². The number of hydrogen-bond acceptors (Lipinski definition) is 6. The molecule has 150 valence electrons. The molecule has 7 heteroatoms. The number of amides is 1. The van der Waals surface area contributed by atoms with E-state index < -0.39 is 0 Å². The maximum atomic E-state index is 12.9. The van der Waals surface area contributed by atoms with Gasteiger partial charge in [0, 0.05) is 49.2 Å². The van der Waals surface area contributed by atoms with Crippen LogP contribution in [-0.2, 0) is 6.42 Å². The Morgan fingerprint density at radius 2 is 1.90 bits per heavy atom. The van der Waals surface area contributed by atoms with Crippen molar-refractivity contribution in [1.82, 2.24) is 14.3 Å². The number of piperazine rings is 1. The van der Waals surface area contributed by atoms with Crippen LogP contribution in [0.25, 0.3) is 0 Å². The van der Waals surface area contributed by atoms with Gasteiger partial charge in [0.1, 0.15) is 11.6 Å². The van der Waals surface area contributed by atoms with Crippen LogP contribution in [0.2, 0.25) is 0 Å². The number of methoxy groups -OCH3 is 1. The zero-order chi connectivity index (χ0) is 20.2. The Balaban J connectivity index is 1.39. The number of aromatic nitrogens is 2. The van der Waals surface area contributed by atoms with E-state index in [0.29, 0.717) is 12.1 Å². The van der Waals surface area contributed by atoms with Gasteiger partial charge in [0.05, 0.1) is 7.11 Å². The van der Waals surface area contributed by atoms with E-state index in [1.165, 1.54) is 17.1 Å². The van der Waals surface area contributed by atoms with Crippen LogP contribution >= 0.6 is 11.5 Å². The van der Waals surface area contributed by atoms with Gasteiger partial charge in [0.2, 0.25) is 5.13 Å². The molecule has 0 spiro atoms. The summed E-state index contributed by atoms with van der Waals surface area (Å²) in [7, 11) is 1.62. The first-order chi connectivity index (χ1) is 14.1. The van der Waals surface area contributed by atoms with Crippen LogP contribution in [0.1, 0.15) is 28.7 Å². The van der Waals surface area contributed by atoms with E-state index in [0.717, 1.165) is 36.2 Å². The molecule has 1 unspecified atom stereocenters. The van der Waals surface area contributed by atoms with Crippen molar-refractivity contribution in [1.29, 1.82) is 0 Å². The van der Waals surface area contributed by atoms with Crippen LogP contribution in [0.3, 0.4) is 0 Å². The monoisotopic (exact) mass is 408 g/mol. The van der Waals surface area contributed by atoms with Gasteiger partial charge in [-0.1, -0.05) is 30.3 Å². The Morgan fingerprint density at radius 1 is 1.14 bits per heavy atom. The fourth-order valence-corrected chi connectivity index (χ4v) is 4.28. The minimum atomic E-state index is 0.0573. The summed E-state index contributed by atoms with van der Waals surface area (Å²) in [6, 6.07) is 17.6. The summed E-state index contributed by atoms with van der Waals surface area (Å²) in [5.41, 5.74) is 1.90. The van der Waals surface area contributed by atoms with E-state index in [2.05, 4.69) is 28.3 Å². The van der Waals surface area contributed by atoms with Gasteiger partial charge in [-0.05, 0) is 36.8 Å².